The van der Waals surface area contributed by atoms with E-state index in [2.05, 4.69) is 10.5 Å². The Balaban J connectivity index is 1.79. The third-order valence-electron chi connectivity index (χ3n) is 5.31. The van der Waals surface area contributed by atoms with Crippen molar-refractivity contribution in [3.63, 3.8) is 0 Å². The minimum atomic E-state index is -0.612. The van der Waals surface area contributed by atoms with Gasteiger partial charge in [0.1, 0.15) is 23.7 Å². The smallest absolute Gasteiger partial charge is 0.342 e. The Morgan fingerprint density at radius 2 is 1.77 bits per heavy atom. The number of carbonyl (C=O) groups is 2. The first-order valence-electron chi connectivity index (χ1n) is 10.5. The van der Waals surface area contributed by atoms with Crippen LogP contribution in [0.5, 0.6) is 5.75 Å². The van der Waals surface area contributed by atoms with Gasteiger partial charge in [0.15, 0.2) is 6.61 Å². The quantitative estimate of drug-likeness (QED) is 0.509. The molecular weight excluding hydrogens is 396 g/mol. The zero-order valence-electron chi connectivity index (χ0n) is 18.4. The van der Waals surface area contributed by atoms with Gasteiger partial charge in [-0.25, -0.2) is 4.79 Å². The summed E-state index contributed by atoms with van der Waals surface area (Å²) >= 11 is 0. The summed E-state index contributed by atoms with van der Waals surface area (Å²) in [7, 11) is 0. The molecule has 0 saturated carbocycles. The Morgan fingerprint density at radius 1 is 1.10 bits per heavy atom. The van der Waals surface area contributed by atoms with Crippen molar-refractivity contribution in [2.24, 2.45) is 0 Å². The van der Waals surface area contributed by atoms with Crippen LogP contribution in [0.15, 0.2) is 40.9 Å². The van der Waals surface area contributed by atoms with E-state index in [1.807, 2.05) is 52.0 Å². The molecule has 0 aliphatic heterocycles. The van der Waals surface area contributed by atoms with Crippen LogP contribution < -0.4 is 10.1 Å². The lowest BCUT2D eigenvalue weighted by molar-refractivity contribution is -0.125. The first kappa shape index (κ1) is 22.3. The van der Waals surface area contributed by atoms with Crippen molar-refractivity contribution in [1.29, 1.82) is 0 Å². The molecule has 0 aliphatic carbocycles. The second kappa shape index (κ2) is 10.1. The molecule has 1 N–H and O–H groups in total. The molecule has 7 heteroatoms. The topological polar surface area (TPSA) is 90.7 Å². The van der Waals surface area contributed by atoms with Crippen molar-refractivity contribution in [1.82, 2.24) is 10.5 Å². The Bertz CT molecular complexity index is 1050. The SMILES string of the molecule is CCC(CC)NC(=O)COC(=O)c1cc2ccccc2cc1OCc1c(C)noc1C. The minimum absolute atomic E-state index is 0.0702. The number of hydrogen-bond donors (Lipinski definition) is 1. The summed E-state index contributed by atoms with van der Waals surface area (Å²) in [6.07, 6.45) is 1.64. The van der Waals surface area contributed by atoms with Gasteiger partial charge in [-0.2, -0.15) is 0 Å². The van der Waals surface area contributed by atoms with Gasteiger partial charge in [-0.15, -0.1) is 0 Å². The lowest BCUT2D eigenvalue weighted by Crippen LogP contribution is -2.36. The molecule has 0 fully saturated rings. The van der Waals surface area contributed by atoms with Crippen molar-refractivity contribution in [2.75, 3.05) is 6.61 Å². The van der Waals surface area contributed by atoms with Crippen LogP contribution >= 0.6 is 0 Å². The summed E-state index contributed by atoms with van der Waals surface area (Å²) in [6.45, 7) is 7.51. The summed E-state index contributed by atoms with van der Waals surface area (Å²) in [5, 5.41) is 8.60. The second-order valence-corrected chi connectivity index (χ2v) is 7.44. The predicted octanol–water partition coefficient (Wildman–Crippen LogP) is 4.49. The normalized spacial score (nSPS) is 11.0. The Hall–Kier alpha value is -3.35. The minimum Gasteiger partial charge on any atom is -0.488 e. The maximum atomic E-state index is 12.8. The largest absolute Gasteiger partial charge is 0.488 e. The standard InChI is InChI=1S/C24H28N2O5/c1-5-19(6-2)25-23(27)14-30-24(28)20-11-17-9-7-8-10-18(17)12-22(20)29-13-21-15(3)26-31-16(21)4/h7-12,19H,5-6,13-14H2,1-4H3,(H,25,27). The molecule has 0 aliphatic rings. The fourth-order valence-electron chi connectivity index (χ4n) is 3.33. The fourth-order valence-corrected chi connectivity index (χ4v) is 3.33. The number of amides is 1. The fraction of sp³-hybridized carbons (Fsp3) is 0.375. The molecule has 3 aromatic rings. The average molecular weight is 424 g/mol. The van der Waals surface area contributed by atoms with Crippen molar-refractivity contribution in [3.05, 3.63) is 59.0 Å². The number of carbonyl (C=O) groups excluding carboxylic acids is 2. The highest BCUT2D eigenvalue weighted by Gasteiger charge is 2.19. The summed E-state index contributed by atoms with van der Waals surface area (Å²) in [4.78, 5) is 24.9. The van der Waals surface area contributed by atoms with E-state index in [4.69, 9.17) is 14.0 Å². The summed E-state index contributed by atoms with van der Waals surface area (Å²) < 4.78 is 16.4. The van der Waals surface area contributed by atoms with Crippen LogP contribution in [0.25, 0.3) is 10.8 Å². The number of ether oxygens (including phenoxy) is 2. The third kappa shape index (κ3) is 5.42. The van der Waals surface area contributed by atoms with Gasteiger partial charge in [-0.3, -0.25) is 4.79 Å². The van der Waals surface area contributed by atoms with Gasteiger partial charge in [0, 0.05) is 6.04 Å². The van der Waals surface area contributed by atoms with Crippen LogP contribution in [0.4, 0.5) is 0 Å². The number of aromatic nitrogens is 1. The van der Waals surface area contributed by atoms with Crippen molar-refractivity contribution < 1.29 is 23.6 Å². The van der Waals surface area contributed by atoms with Gasteiger partial charge in [-0.05, 0) is 49.6 Å². The van der Waals surface area contributed by atoms with Crippen molar-refractivity contribution >= 4 is 22.6 Å². The Kier molecular flexibility index (Phi) is 7.28. The highest BCUT2D eigenvalue weighted by atomic mass is 16.5. The molecule has 0 atom stereocenters. The van der Waals surface area contributed by atoms with Gasteiger partial charge in [0.2, 0.25) is 0 Å². The second-order valence-electron chi connectivity index (χ2n) is 7.44. The van der Waals surface area contributed by atoms with Gasteiger partial charge in [-0.1, -0.05) is 43.3 Å². The average Bonchev–Trinajstić information content (AvgIpc) is 3.10. The van der Waals surface area contributed by atoms with Crippen molar-refractivity contribution in [2.45, 2.75) is 53.2 Å². The molecule has 0 radical (unpaired) electrons. The van der Waals surface area contributed by atoms with E-state index in [-0.39, 0.29) is 30.7 Å². The third-order valence-corrected chi connectivity index (χ3v) is 5.31. The first-order chi connectivity index (χ1) is 14.9. The number of benzene rings is 2. The van der Waals surface area contributed by atoms with E-state index < -0.39 is 5.97 Å². The Labute approximate surface area is 181 Å². The van der Waals surface area contributed by atoms with E-state index >= 15 is 0 Å². The lowest BCUT2D eigenvalue weighted by Gasteiger charge is -2.15. The van der Waals surface area contributed by atoms with Gasteiger partial charge in [0.05, 0.1) is 11.3 Å². The maximum Gasteiger partial charge on any atom is 0.342 e. The molecular formula is C24H28N2O5. The maximum absolute atomic E-state index is 12.8. The lowest BCUT2D eigenvalue weighted by atomic mass is 10.1. The van der Waals surface area contributed by atoms with E-state index in [1.165, 1.54) is 0 Å². The number of rotatable bonds is 9. The molecule has 1 amide bonds. The van der Waals surface area contributed by atoms with E-state index in [0.717, 1.165) is 34.9 Å². The molecule has 31 heavy (non-hydrogen) atoms. The predicted molar refractivity (Wildman–Crippen MR) is 117 cm³/mol. The number of aryl methyl sites for hydroxylation is 2. The molecule has 1 aromatic heterocycles. The zero-order chi connectivity index (χ0) is 22.4. The molecule has 2 aromatic carbocycles. The van der Waals surface area contributed by atoms with Crippen LogP contribution in [0.1, 0.15) is 54.1 Å². The molecule has 0 spiro atoms. The molecule has 0 unspecified atom stereocenters. The monoisotopic (exact) mass is 424 g/mol. The zero-order valence-corrected chi connectivity index (χ0v) is 18.4. The van der Waals surface area contributed by atoms with Crippen LogP contribution in [-0.4, -0.2) is 29.7 Å². The van der Waals surface area contributed by atoms with Crippen LogP contribution in [0.2, 0.25) is 0 Å². The van der Waals surface area contributed by atoms with E-state index in [1.54, 1.807) is 12.1 Å². The van der Waals surface area contributed by atoms with Crippen LogP contribution in [0, 0.1) is 13.8 Å². The van der Waals surface area contributed by atoms with Crippen LogP contribution in [-0.2, 0) is 16.1 Å². The molecule has 164 valence electrons. The van der Waals surface area contributed by atoms with Gasteiger partial charge in [0.25, 0.3) is 5.91 Å². The number of hydrogen-bond acceptors (Lipinski definition) is 6. The van der Waals surface area contributed by atoms with Gasteiger partial charge < -0.3 is 19.3 Å². The van der Waals surface area contributed by atoms with E-state index in [9.17, 15) is 9.59 Å². The summed E-state index contributed by atoms with van der Waals surface area (Å²) in [5.74, 6) is 0.116. The molecule has 7 nitrogen and oxygen atoms in total. The number of nitrogens with zero attached hydrogens (tertiary/aromatic N) is 1. The summed E-state index contributed by atoms with van der Waals surface area (Å²) in [5.41, 5.74) is 1.83. The highest BCUT2D eigenvalue weighted by Crippen LogP contribution is 2.28. The van der Waals surface area contributed by atoms with Crippen molar-refractivity contribution in [3.8, 4) is 5.75 Å². The van der Waals surface area contributed by atoms with Gasteiger partial charge >= 0.3 is 5.97 Å². The number of nitrogens with one attached hydrogen (secondary N) is 1. The molecule has 0 saturated heterocycles. The molecule has 1 heterocycles. The molecule has 3 rings (SSSR count). The number of fused-ring (bicyclic) bond motifs is 1. The number of esters is 1. The highest BCUT2D eigenvalue weighted by molar-refractivity contribution is 5.99. The van der Waals surface area contributed by atoms with E-state index in [0.29, 0.717) is 11.5 Å². The Morgan fingerprint density at radius 3 is 2.39 bits per heavy atom. The molecule has 0 bridgehead atoms. The summed E-state index contributed by atoms with van der Waals surface area (Å²) in [6, 6.07) is 11.3. The first-order valence-corrected chi connectivity index (χ1v) is 10.5. The van der Waals surface area contributed by atoms with Crippen LogP contribution in [0.3, 0.4) is 0 Å².